The number of para-hydroxylation sites is 1. The summed E-state index contributed by atoms with van der Waals surface area (Å²) in [7, 11) is 0. The molecule has 0 saturated carbocycles. The minimum Gasteiger partial charge on any atom is -0.459 e. The van der Waals surface area contributed by atoms with Crippen molar-refractivity contribution in [2.24, 2.45) is 0 Å². The largest absolute Gasteiger partial charge is 0.459 e. The van der Waals surface area contributed by atoms with E-state index in [1.807, 2.05) is 59.7 Å². The Labute approximate surface area is 167 Å². The number of nitrogens with one attached hydrogen (secondary N) is 1. The molecule has 6 nitrogen and oxygen atoms in total. The van der Waals surface area contributed by atoms with Crippen LogP contribution < -0.4 is 5.32 Å². The molecule has 1 unspecified atom stereocenters. The Morgan fingerprint density at radius 2 is 1.93 bits per heavy atom. The predicted octanol–water partition coefficient (Wildman–Crippen LogP) is 3.13. The van der Waals surface area contributed by atoms with Gasteiger partial charge in [-0.2, -0.15) is 0 Å². The molecule has 2 amide bonds. The van der Waals surface area contributed by atoms with Crippen LogP contribution in [0.25, 0.3) is 11.0 Å². The summed E-state index contributed by atoms with van der Waals surface area (Å²) in [5, 5.41) is 5.95. The lowest BCUT2D eigenvalue weighted by atomic mass is 10.2. The molecule has 3 aromatic rings. The lowest BCUT2D eigenvalue weighted by Crippen LogP contribution is -2.51. The van der Waals surface area contributed by atoms with E-state index in [1.54, 1.807) is 0 Å². The zero-order chi connectivity index (χ0) is 19.5. The van der Waals surface area contributed by atoms with Gasteiger partial charge in [0.15, 0.2) is 0 Å². The van der Waals surface area contributed by atoms with Crippen molar-refractivity contribution >= 4 is 34.1 Å². The topological polar surface area (TPSA) is 65.8 Å². The molecule has 0 radical (unpaired) electrons. The fourth-order valence-electron chi connectivity index (χ4n) is 3.44. The van der Waals surface area contributed by atoms with E-state index >= 15 is 0 Å². The molecular formula is C21H23N3O3S. The van der Waals surface area contributed by atoms with Crippen LogP contribution in [-0.2, 0) is 4.79 Å². The predicted molar refractivity (Wildman–Crippen MR) is 109 cm³/mol. The van der Waals surface area contributed by atoms with Crippen molar-refractivity contribution in [3.05, 3.63) is 58.5 Å². The van der Waals surface area contributed by atoms with Crippen molar-refractivity contribution in [3.63, 3.8) is 0 Å². The molecule has 1 saturated heterocycles. The van der Waals surface area contributed by atoms with Crippen LogP contribution in [0.15, 0.2) is 52.3 Å². The Morgan fingerprint density at radius 1 is 1.14 bits per heavy atom. The fourth-order valence-corrected chi connectivity index (χ4v) is 4.13. The quantitative estimate of drug-likeness (QED) is 0.718. The summed E-state index contributed by atoms with van der Waals surface area (Å²) in [5.74, 6) is 0.796. The summed E-state index contributed by atoms with van der Waals surface area (Å²) < 4.78 is 5.82. The van der Waals surface area contributed by atoms with Gasteiger partial charge in [0.25, 0.3) is 5.91 Å². The van der Waals surface area contributed by atoms with Gasteiger partial charge in [0, 0.05) is 31.6 Å². The van der Waals surface area contributed by atoms with Crippen molar-refractivity contribution in [2.45, 2.75) is 13.0 Å². The van der Waals surface area contributed by atoms with Gasteiger partial charge >= 0.3 is 0 Å². The minimum absolute atomic E-state index is 0.0361. The number of nitrogens with zero attached hydrogens (tertiary/aromatic N) is 2. The Hall–Kier alpha value is -2.64. The summed E-state index contributed by atoms with van der Waals surface area (Å²) in [4.78, 5) is 29.5. The number of thiophene rings is 1. The highest BCUT2D eigenvalue weighted by molar-refractivity contribution is 7.12. The van der Waals surface area contributed by atoms with Gasteiger partial charge in [0.05, 0.1) is 17.5 Å². The molecule has 28 heavy (non-hydrogen) atoms. The maximum absolute atomic E-state index is 12.4. The highest BCUT2D eigenvalue weighted by Gasteiger charge is 2.24. The average molecular weight is 398 g/mol. The number of piperazine rings is 1. The molecule has 1 fully saturated rings. The van der Waals surface area contributed by atoms with Gasteiger partial charge in [0.1, 0.15) is 11.3 Å². The van der Waals surface area contributed by atoms with Crippen LogP contribution in [0.1, 0.15) is 28.4 Å². The van der Waals surface area contributed by atoms with Crippen molar-refractivity contribution in [1.82, 2.24) is 15.1 Å². The van der Waals surface area contributed by atoms with Crippen LogP contribution in [0.3, 0.4) is 0 Å². The van der Waals surface area contributed by atoms with Gasteiger partial charge in [0.2, 0.25) is 5.91 Å². The van der Waals surface area contributed by atoms with Crippen molar-refractivity contribution < 1.29 is 14.0 Å². The van der Waals surface area contributed by atoms with Crippen molar-refractivity contribution in [2.75, 3.05) is 32.7 Å². The normalized spacial score (nSPS) is 16.2. The molecule has 0 spiro atoms. The second kappa shape index (κ2) is 8.16. The molecule has 7 heteroatoms. The van der Waals surface area contributed by atoms with E-state index in [2.05, 4.69) is 10.2 Å². The first-order chi connectivity index (χ1) is 13.6. The third-order valence-corrected chi connectivity index (χ3v) is 5.87. The van der Waals surface area contributed by atoms with Crippen molar-refractivity contribution in [3.8, 4) is 0 Å². The molecule has 1 atom stereocenters. The molecule has 0 aliphatic carbocycles. The number of carbonyl (C=O) groups is 2. The molecule has 1 aliphatic rings. The summed E-state index contributed by atoms with van der Waals surface area (Å²) in [6.07, 6.45) is 0. The van der Waals surface area contributed by atoms with E-state index in [-0.39, 0.29) is 17.9 Å². The zero-order valence-corrected chi connectivity index (χ0v) is 16.6. The number of benzene rings is 1. The van der Waals surface area contributed by atoms with Crippen LogP contribution in [0.5, 0.6) is 0 Å². The first kappa shape index (κ1) is 18.7. The van der Waals surface area contributed by atoms with Crippen molar-refractivity contribution in [1.29, 1.82) is 0 Å². The van der Waals surface area contributed by atoms with Crippen LogP contribution in [0.2, 0.25) is 0 Å². The van der Waals surface area contributed by atoms with Crippen LogP contribution >= 0.6 is 11.3 Å². The first-order valence-corrected chi connectivity index (χ1v) is 10.3. The number of furan rings is 1. The lowest BCUT2D eigenvalue weighted by molar-refractivity contribution is -0.123. The number of hydrogen-bond donors (Lipinski definition) is 1. The smallest absolute Gasteiger partial charge is 0.264 e. The third kappa shape index (κ3) is 4.10. The lowest BCUT2D eigenvalue weighted by Gasteiger charge is -2.34. The summed E-state index contributed by atoms with van der Waals surface area (Å²) in [5.41, 5.74) is 0.824. The van der Waals surface area contributed by atoms with Gasteiger partial charge in [-0.3, -0.25) is 14.5 Å². The van der Waals surface area contributed by atoms with Gasteiger partial charge in [-0.15, -0.1) is 11.3 Å². The molecule has 4 rings (SSSR count). The fraction of sp³-hybridized carbons (Fsp3) is 0.333. The molecule has 2 aromatic heterocycles. The van der Waals surface area contributed by atoms with E-state index in [0.717, 1.165) is 21.6 Å². The molecule has 146 valence electrons. The third-order valence-electron chi connectivity index (χ3n) is 5.01. The number of amides is 2. The highest BCUT2D eigenvalue weighted by Crippen LogP contribution is 2.23. The summed E-state index contributed by atoms with van der Waals surface area (Å²) in [6, 6.07) is 13.3. The Kier molecular flexibility index (Phi) is 5.45. The molecule has 1 aromatic carbocycles. The van der Waals surface area contributed by atoms with Crippen LogP contribution in [0.4, 0.5) is 0 Å². The van der Waals surface area contributed by atoms with E-state index in [1.165, 1.54) is 11.3 Å². The van der Waals surface area contributed by atoms with Crippen LogP contribution in [-0.4, -0.2) is 54.3 Å². The monoisotopic (exact) mass is 397 g/mol. The number of rotatable bonds is 5. The summed E-state index contributed by atoms with van der Waals surface area (Å²) >= 11 is 1.46. The second-order valence-corrected chi connectivity index (χ2v) is 7.97. The number of fused-ring (bicyclic) bond motifs is 1. The molecule has 1 aliphatic heterocycles. The van der Waals surface area contributed by atoms with Crippen LogP contribution in [0, 0.1) is 0 Å². The van der Waals surface area contributed by atoms with E-state index < -0.39 is 0 Å². The molecule has 3 heterocycles. The Morgan fingerprint density at radius 3 is 2.64 bits per heavy atom. The van der Waals surface area contributed by atoms with Gasteiger partial charge in [-0.05, 0) is 30.5 Å². The van der Waals surface area contributed by atoms with E-state index in [0.29, 0.717) is 32.7 Å². The first-order valence-electron chi connectivity index (χ1n) is 9.43. The highest BCUT2D eigenvalue weighted by atomic mass is 32.1. The number of carbonyl (C=O) groups excluding carboxylic acids is 2. The van der Waals surface area contributed by atoms with Gasteiger partial charge < -0.3 is 14.6 Å². The zero-order valence-electron chi connectivity index (χ0n) is 15.8. The molecule has 0 bridgehead atoms. The van der Waals surface area contributed by atoms with E-state index in [9.17, 15) is 9.59 Å². The average Bonchev–Trinajstić information content (AvgIpc) is 3.37. The standard InChI is InChI=1S/C21H23N3O3S/c1-15(18-13-16-5-2-3-6-17(16)27-18)22-20(25)14-23-8-10-24(11-9-23)21(26)19-7-4-12-28-19/h2-7,12-13,15H,8-11,14H2,1H3,(H,22,25). The maximum atomic E-state index is 12.4. The minimum atomic E-state index is -0.193. The maximum Gasteiger partial charge on any atom is 0.264 e. The van der Waals surface area contributed by atoms with Gasteiger partial charge in [-0.25, -0.2) is 0 Å². The van der Waals surface area contributed by atoms with Gasteiger partial charge in [-0.1, -0.05) is 24.3 Å². The summed E-state index contributed by atoms with van der Waals surface area (Å²) in [6.45, 7) is 4.93. The second-order valence-electron chi connectivity index (χ2n) is 7.02. The SMILES string of the molecule is CC(NC(=O)CN1CCN(C(=O)c2cccs2)CC1)c1cc2ccccc2o1. The number of hydrogen-bond acceptors (Lipinski definition) is 5. The molecular weight excluding hydrogens is 374 g/mol. The Bertz CT molecular complexity index is 925. The molecule has 1 N–H and O–H groups in total. The van der Waals surface area contributed by atoms with E-state index in [4.69, 9.17) is 4.42 Å². The Balaban J connectivity index is 1.27.